The molecular weight excluding hydrogens is 1340 g/mol. The van der Waals surface area contributed by atoms with Crippen LogP contribution < -0.4 is 26.2 Å². The lowest BCUT2D eigenvalue weighted by Crippen LogP contribution is -2.61. The average molecular weight is 1440 g/mol. The molecule has 0 saturated heterocycles. The van der Waals surface area contributed by atoms with Crippen LogP contribution in [0.25, 0.3) is 83.1 Å². The minimum absolute atomic E-state index is 0.0165. The Labute approximate surface area is 661 Å². The highest BCUT2D eigenvalue weighted by molar-refractivity contribution is 7.00. The van der Waals surface area contributed by atoms with Crippen molar-refractivity contribution in [1.29, 1.82) is 0 Å². The van der Waals surface area contributed by atoms with Gasteiger partial charge in [-0.05, 0) is 227 Å². The standard InChI is InChI=1S/C107H106BN3/c1-100(2,3)69-43-38-65(39-44-69)82-60-71(102(7,8)9)47-53-90(82)110-93-58-67(68-56-73(104(13,14)15)59-74(57-68)105(16,17)18)42-51-87(93)108-88-52-49-76(64-94(88)111(96-63-75(106(19,20)21)62-95(110)99(96)108)91-54-48-72(103(10,11)12)61-83(91)66-40-45-70(46-41-66)101(4,5)6)109-89-37-29-25-33-81(89)97-92(109)55-50-80-79-32-24-28-36-86(79)107(98(80)97)84-34-26-22-30-77(84)78-31-23-27-35-85(78)107/h22-64H,1-21H3. The summed E-state index contributed by atoms with van der Waals surface area (Å²) in [5, 5.41) is 2.54. The first-order valence-electron chi connectivity index (χ1n) is 40.6. The van der Waals surface area contributed by atoms with Gasteiger partial charge in [-0.2, -0.15) is 0 Å². The number of nitrogens with zero attached hydrogens (tertiary/aromatic N) is 3. The summed E-state index contributed by atoms with van der Waals surface area (Å²) >= 11 is 0. The summed E-state index contributed by atoms with van der Waals surface area (Å²) < 4.78 is 2.62. The molecule has 2 aliphatic heterocycles. The van der Waals surface area contributed by atoms with Gasteiger partial charge in [0.05, 0.1) is 27.8 Å². The lowest BCUT2D eigenvalue weighted by atomic mass is 9.33. The van der Waals surface area contributed by atoms with Crippen LogP contribution in [0.3, 0.4) is 0 Å². The van der Waals surface area contributed by atoms with Gasteiger partial charge in [0.25, 0.3) is 6.71 Å². The number of rotatable bonds is 6. The molecule has 552 valence electrons. The molecule has 0 saturated carbocycles. The first kappa shape index (κ1) is 71.9. The average Bonchev–Trinajstić information content (AvgIpc) is 1.54. The van der Waals surface area contributed by atoms with Crippen LogP contribution in [0, 0.1) is 0 Å². The van der Waals surface area contributed by atoms with Crippen molar-refractivity contribution < 1.29 is 0 Å². The van der Waals surface area contributed by atoms with Crippen molar-refractivity contribution in [2.24, 2.45) is 0 Å². The van der Waals surface area contributed by atoms with E-state index in [4.69, 9.17) is 0 Å². The Morgan fingerprint density at radius 1 is 0.252 bits per heavy atom. The van der Waals surface area contributed by atoms with Gasteiger partial charge < -0.3 is 14.4 Å². The lowest BCUT2D eigenvalue weighted by molar-refractivity contribution is 0.569. The van der Waals surface area contributed by atoms with Crippen LogP contribution in [0.1, 0.15) is 207 Å². The van der Waals surface area contributed by atoms with Crippen LogP contribution in [-0.2, 0) is 43.3 Å². The van der Waals surface area contributed by atoms with E-state index in [1.54, 1.807) is 0 Å². The largest absolute Gasteiger partial charge is 0.311 e. The molecule has 0 bridgehead atoms. The highest BCUT2D eigenvalue weighted by Crippen LogP contribution is 2.65. The molecule has 0 amide bonds. The minimum atomic E-state index is -0.550. The first-order valence-corrected chi connectivity index (χ1v) is 40.6. The second-order valence-corrected chi connectivity index (χ2v) is 39.8. The molecule has 0 atom stereocenters. The lowest BCUT2D eigenvalue weighted by Gasteiger charge is -2.46. The van der Waals surface area contributed by atoms with Crippen molar-refractivity contribution in [2.45, 2.75) is 189 Å². The van der Waals surface area contributed by atoms with Gasteiger partial charge >= 0.3 is 0 Å². The summed E-state index contributed by atoms with van der Waals surface area (Å²) in [5.41, 5.74) is 40.1. The van der Waals surface area contributed by atoms with Crippen LogP contribution in [0.5, 0.6) is 0 Å². The Morgan fingerprint density at radius 2 is 0.649 bits per heavy atom. The van der Waals surface area contributed by atoms with E-state index in [-0.39, 0.29) is 44.6 Å². The van der Waals surface area contributed by atoms with Crippen molar-refractivity contribution >= 4 is 79.0 Å². The van der Waals surface area contributed by atoms with Crippen LogP contribution in [0.4, 0.5) is 34.1 Å². The fourth-order valence-corrected chi connectivity index (χ4v) is 19.0. The quantitative estimate of drug-likeness (QED) is 0.154. The van der Waals surface area contributed by atoms with Crippen LogP contribution in [-0.4, -0.2) is 11.3 Å². The molecule has 0 N–H and O–H groups in total. The third-order valence-corrected chi connectivity index (χ3v) is 25.3. The first-order chi connectivity index (χ1) is 52.5. The molecule has 0 radical (unpaired) electrons. The predicted octanol–water partition coefficient (Wildman–Crippen LogP) is 27.3. The maximum absolute atomic E-state index is 2.73. The molecule has 0 fully saturated rings. The Morgan fingerprint density at radius 3 is 1.12 bits per heavy atom. The number of anilines is 6. The smallest absolute Gasteiger partial charge is 0.252 e. The maximum atomic E-state index is 2.73. The monoisotopic (exact) mass is 1440 g/mol. The van der Waals surface area contributed by atoms with Crippen molar-refractivity contribution in [2.75, 3.05) is 9.80 Å². The topological polar surface area (TPSA) is 11.4 Å². The van der Waals surface area contributed by atoms with Gasteiger partial charge in [0, 0.05) is 50.3 Å². The summed E-state index contributed by atoms with van der Waals surface area (Å²) in [6, 6.07) is 104. The van der Waals surface area contributed by atoms with Gasteiger partial charge in [0.15, 0.2) is 0 Å². The van der Waals surface area contributed by atoms with Gasteiger partial charge in [-0.3, -0.25) is 0 Å². The van der Waals surface area contributed by atoms with Crippen LogP contribution in [0.15, 0.2) is 261 Å². The number of aromatic nitrogens is 1. The van der Waals surface area contributed by atoms with Gasteiger partial charge in [0.1, 0.15) is 0 Å². The molecule has 1 spiro atoms. The molecule has 4 aliphatic rings. The van der Waals surface area contributed by atoms with E-state index < -0.39 is 5.41 Å². The van der Waals surface area contributed by atoms with E-state index in [1.807, 2.05) is 0 Å². The zero-order valence-electron chi connectivity index (χ0n) is 69.2. The Bertz CT molecular complexity index is 6080. The third-order valence-electron chi connectivity index (χ3n) is 25.3. The summed E-state index contributed by atoms with van der Waals surface area (Å²) in [6.45, 7) is 49.3. The molecule has 2 aliphatic carbocycles. The van der Waals surface area contributed by atoms with E-state index >= 15 is 0 Å². The van der Waals surface area contributed by atoms with Crippen molar-refractivity contribution in [3.63, 3.8) is 0 Å². The molecule has 4 heteroatoms. The molecule has 18 rings (SSSR count). The molecule has 13 aromatic carbocycles. The van der Waals surface area contributed by atoms with Crippen LogP contribution in [0.2, 0.25) is 0 Å². The Hall–Kier alpha value is -10.7. The number of benzene rings is 13. The summed E-state index contributed by atoms with van der Waals surface area (Å²) in [5.74, 6) is 0. The van der Waals surface area contributed by atoms with Gasteiger partial charge in [-0.15, -0.1) is 0 Å². The molecule has 3 nitrogen and oxygen atoms in total. The van der Waals surface area contributed by atoms with E-state index in [1.165, 1.54) is 172 Å². The summed E-state index contributed by atoms with van der Waals surface area (Å²) in [4.78, 5) is 5.45. The van der Waals surface area contributed by atoms with Gasteiger partial charge in [-0.1, -0.05) is 340 Å². The number of para-hydroxylation sites is 1. The number of fused-ring (bicyclic) bond motifs is 18. The number of hydrogen-bond acceptors (Lipinski definition) is 2. The van der Waals surface area contributed by atoms with Crippen molar-refractivity contribution in [1.82, 2.24) is 4.57 Å². The molecule has 3 heterocycles. The maximum Gasteiger partial charge on any atom is 0.252 e. The Kier molecular flexibility index (Phi) is 16.0. The highest BCUT2D eigenvalue weighted by Gasteiger charge is 2.53. The van der Waals surface area contributed by atoms with E-state index in [0.29, 0.717) is 0 Å². The molecule has 111 heavy (non-hydrogen) atoms. The summed E-state index contributed by atoms with van der Waals surface area (Å²) in [6.07, 6.45) is 0. The van der Waals surface area contributed by atoms with E-state index in [0.717, 1.165) is 22.7 Å². The highest BCUT2D eigenvalue weighted by atomic mass is 15.2. The summed E-state index contributed by atoms with van der Waals surface area (Å²) in [7, 11) is 0. The predicted molar refractivity (Wildman–Crippen MR) is 478 cm³/mol. The van der Waals surface area contributed by atoms with Gasteiger partial charge in [0.2, 0.25) is 0 Å². The second-order valence-electron chi connectivity index (χ2n) is 39.8. The van der Waals surface area contributed by atoms with E-state index in [9.17, 15) is 0 Å². The fourth-order valence-electron chi connectivity index (χ4n) is 19.0. The zero-order chi connectivity index (χ0) is 77.9. The Balaban J connectivity index is 0.968. The van der Waals surface area contributed by atoms with Gasteiger partial charge in [-0.25, -0.2) is 0 Å². The normalized spacial score (nSPS) is 14.4. The number of hydrogen-bond donors (Lipinski definition) is 0. The molecule has 1 aromatic heterocycles. The minimum Gasteiger partial charge on any atom is -0.311 e. The van der Waals surface area contributed by atoms with Crippen molar-refractivity contribution in [3.8, 4) is 61.3 Å². The van der Waals surface area contributed by atoms with Crippen molar-refractivity contribution in [3.05, 3.63) is 322 Å². The second kappa shape index (κ2) is 24.7. The zero-order valence-corrected chi connectivity index (χ0v) is 69.2. The molecular formula is C107H106BN3. The molecule has 0 unspecified atom stereocenters. The SMILES string of the molecule is CC(C)(C)c1ccc(-c2cc(C(C)(C)C)ccc2N2c3cc(-c4cc(C(C)(C)C)cc(C(C)(C)C)c4)ccc3B3c4ccc(-n5c6ccccc6c6c7c(ccc65)-c5ccccc5C75c6ccccc6-c6ccccc65)cc4N(c4ccc(C(C)(C)C)cc4-c4ccc(C(C)(C)C)cc4)c4cc(C(C)(C)C)cc2c43)cc1. The molecule has 14 aromatic rings. The third kappa shape index (κ3) is 11.3. The van der Waals surface area contributed by atoms with E-state index in [2.05, 4.69) is 421 Å². The fraction of sp³-hybridized carbons (Fsp3) is 0.271. The van der Waals surface area contributed by atoms with Crippen LogP contribution >= 0.6 is 0 Å².